The van der Waals surface area contributed by atoms with E-state index in [1.807, 2.05) is 31.1 Å². The van der Waals surface area contributed by atoms with Crippen LogP contribution in [0.4, 0.5) is 5.69 Å². The van der Waals surface area contributed by atoms with Crippen molar-refractivity contribution in [1.29, 1.82) is 0 Å². The van der Waals surface area contributed by atoms with E-state index in [4.69, 9.17) is 0 Å². The van der Waals surface area contributed by atoms with E-state index >= 15 is 0 Å². The van der Waals surface area contributed by atoms with Crippen LogP contribution in [0.25, 0.3) is 11.0 Å². The number of nitrogens with zero attached hydrogens (tertiary/aromatic N) is 3. The lowest BCUT2D eigenvalue weighted by Crippen LogP contribution is -2.30. The molecule has 1 saturated heterocycles. The zero-order valence-corrected chi connectivity index (χ0v) is 15.9. The van der Waals surface area contributed by atoms with E-state index in [9.17, 15) is 9.59 Å². The number of aryl methyl sites for hydroxylation is 1. The number of hydrogen-bond acceptors (Lipinski definition) is 3. The van der Waals surface area contributed by atoms with Crippen LogP contribution in [0.1, 0.15) is 34.8 Å². The molecule has 2 aromatic carbocycles. The minimum atomic E-state index is -0.172. The number of imidazole rings is 1. The van der Waals surface area contributed by atoms with Crippen molar-refractivity contribution in [3.8, 4) is 0 Å². The van der Waals surface area contributed by atoms with Gasteiger partial charge >= 0.3 is 5.69 Å². The molecular formula is C21H24N4O2. The van der Waals surface area contributed by atoms with Gasteiger partial charge in [-0.15, -0.1) is 0 Å². The first-order valence-corrected chi connectivity index (χ1v) is 9.23. The van der Waals surface area contributed by atoms with Crippen molar-refractivity contribution in [3.05, 3.63) is 64.1 Å². The van der Waals surface area contributed by atoms with Crippen LogP contribution in [-0.2, 0) is 7.05 Å². The average Bonchev–Trinajstić information content (AvgIpc) is 3.26. The minimum absolute atomic E-state index is 0.0169. The van der Waals surface area contributed by atoms with Gasteiger partial charge in [0.25, 0.3) is 5.91 Å². The van der Waals surface area contributed by atoms with Crippen LogP contribution in [0, 0.1) is 0 Å². The molecule has 6 nitrogen and oxygen atoms in total. The Morgan fingerprint density at radius 3 is 2.78 bits per heavy atom. The standard InChI is InChI=1S/C21H24N4O2/c1-23(2)16-7-4-6-14(12-16)18-8-5-11-25(18)20(26)15-9-10-17-19(13-15)24(3)21(27)22-17/h4,6-7,9-10,12-13,18H,5,8,11H2,1-3H3,(H,22,27). The molecule has 0 bridgehead atoms. The van der Waals surface area contributed by atoms with Gasteiger partial charge in [0.1, 0.15) is 0 Å². The Morgan fingerprint density at radius 2 is 2.00 bits per heavy atom. The highest BCUT2D eigenvalue weighted by atomic mass is 16.2. The summed E-state index contributed by atoms with van der Waals surface area (Å²) in [4.78, 5) is 31.9. The molecule has 1 aliphatic rings. The normalized spacial score (nSPS) is 16.9. The zero-order chi connectivity index (χ0) is 19.1. The first kappa shape index (κ1) is 17.4. The summed E-state index contributed by atoms with van der Waals surface area (Å²) in [6.45, 7) is 0.750. The second kappa shape index (κ2) is 6.61. The first-order valence-electron chi connectivity index (χ1n) is 9.23. The summed E-state index contributed by atoms with van der Waals surface area (Å²) in [5, 5.41) is 0. The summed E-state index contributed by atoms with van der Waals surface area (Å²) >= 11 is 0. The van der Waals surface area contributed by atoms with Crippen molar-refractivity contribution in [1.82, 2.24) is 14.5 Å². The van der Waals surface area contributed by atoms with Crippen molar-refractivity contribution in [2.45, 2.75) is 18.9 Å². The molecule has 1 unspecified atom stereocenters. The summed E-state index contributed by atoms with van der Waals surface area (Å²) in [6, 6.07) is 13.9. The van der Waals surface area contributed by atoms with Crippen LogP contribution >= 0.6 is 0 Å². The van der Waals surface area contributed by atoms with E-state index in [1.165, 1.54) is 10.1 Å². The van der Waals surface area contributed by atoms with E-state index in [0.29, 0.717) is 5.56 Å². The summed E-state index contributed by atoms with van der Waals surface area (Å²) in [6.07, 6.45) is 1.96. The van der Waals surface area contributed by atoms with Crippen molar-refractivity contribution in [3.63, 3.8) is 0 Å². The number of rotatable bonds is 3. The predicted octanol–water partition coefficient (Wildman–Crippen LogP) is 2.91. The Balaban J connectivity index is 1.67. The highest BCUT2D eigenvalue weighted by Gasteiger charge is 2.31. The monoisotopic (exact) mass is 364 g/mol. The maximum absolute atomic E-state index is 13.2. The lowest BCUT2D eigenvalue weighted by molar-refractivity contribution is 0.0736. The lowest BCUT2D eigenvalue weighted by atomic mass is 10.0. The molecule has 0 radical (unpaired) electrons. The summed E-state index contributed by atoms with van der Waals surface area (Å²) < 4.78 is 1.54. The summed E-state index contributed by atoms with van der Waals surface area (Å²) in [5.41, 5.74) is 4.24. The van der Waals surface area contributed by atoms with Gasteiger partial charge in [-0.25, -0.2) is 4.79 Å². The van der Waals surface area contributed by atoms with Crippen LogP contribution in [-0.4, -0.2) is 41.0 Å². The number of carbonyl (C=O) groups excluding carboxylic acids is 1. The molecule has 1 amide bonds. The third-order valence-electron chi connectivity index (χ3n) is 5.44. The SMILES string of the molecule is CN(C)c1cccc(C2CCCN2C(=O)c2ccc3[nH]c(=O)n(C)c3c2)c1. The Labute approximate surface area is 158 Å². The van der Waals surface area contributed by atoms with Gasteiger partial charge in [0.05, 0.1) is 17.1 Å². The van der Waals surface area contributed by atoms with E-state index in [0.717, 1.165) is 36.1 Å². The van der Waals surface area contributed by atoms with Crippen LogP contribution < -0.4 is 10.6 Å². The quantitative estimate of drug-likeness (QED) is 0.777. The molecule has 1 aliphatic heterocycles. The molecule has 0 aliphatic carbocycles. The zero-order valence-electron chi connectivity index (χ0n) is 15.9. The summed E-state index contributed by atoms with van der Waals surface area (Å²) in [5.74, 6) is 0.0169. The molecule has 140 valence electrons. The van der Waals surface area contributed by atoms with Gasteiger partial charge in [0.2, 0.25) is 0 Å². The topological polar surface area (TPSA) is 61.3 Å². The molecule has 1 atom stereocenters. The fraction of sp³-hybridized carbons (Fsp3) is 0.333. The highest BCUT2D eigenvalue weighted by molar-refractivity contribution is 5.97. The van der Waals surface area contributed by atoms with E-state index in [2.05, 4.69) is 28.1 Å². The number of amides is 1. The molecule has 6 heteroatoms. The van der Waals surface area contributed by atoms with E-state index < -0.39 is 0 Å². The number of benzene rings is 2. The van der Waals surface area contributed by atoms with Gasteiger partial charge in [-0.05, 0) is 48.7 Å². The van der Waals surface area contributed by atoms with Gasteiger partial charge in [0, 0.05) is 38.9 Å². The third kappa shape index (κ3) is 3.01. The number of anilines is 1. The number of hydrogen-bond donors (Lipinski definition) is 1. The van der Waals surface area contributed by atoms with Crippen molar-refractivity contribution >= 4 is 22.6 Å². The molecular weight excluding hydrogens is 340 g/mol. The number of fused-ring (bicyclic) bond motifs is 1. The molecule has 3 aromatic rings. The molecule has 1 N–H and O–H groups in total. The molecule has 1 aromatic heterocycles. The molecule has 4 rings (SSSR count). The fourth-order valence-electron chi connectivity index (χ4n) is 3.89. The number of H-pyrrole nitrogens is 1. The van der Waals surface area contributed by atoms with Crippen molar-refractivity contribution in [2.75, 3.05) is 25.5 Å². The third-order valence-corrected chi connectivity index (χ3v) is 5.44. The highest BCUT2D eigenvalue weighted by Crippen LogP contribution is 2.34. The van der Waals surface area contributed by atoms with Crippen molar-refractivity contribution in [2.24, 2.45) is 7.05 Å². The number of likely N-dealkylation sites (tertiary alicyclic amines) is 1. The van der Waals surface area contributed by atoms with Crippen LogP contribution in [0.15, 0.2) is 47.3 Å². The number of aromatic nitrogens is 2. The van der Waals surface area contributed by atoms with Crippen molar-refractivity contribution < 1.29 is 4.79 Å². The van der Waals surface area contributed by atoms with Gasteiger partial charge in [-0.1, -0.05) is 12.1 Å². The van der Waals surface area contributed by atoms with Gasteiger partial charge in [0.15, 0.2) is 0 Å². The maximum Gasteiger partial charge on any atom is 0.326 e. The molecule has 2 heterocycles. The molecule has 0 spiro atoms. The summed E-state index contributed by atoms with van der Waals surface area (Å²) in [7, 11) is 5.75. The van der Waals surface area contributed by atoms with Crippen LogP contribution in [0.3, 0.4) is 0 Å². The van der Waals surface area contributed by atoms with Gasteiger partial charge in [-0.2, -0.15) is 0 Å². The Bertz CT molecular complexity index is 1060. The van der Waals surface area contributed by atoms with Gasteiger partial charge < -0.3 is 14.8 Å². The van der Waals surface area contributed by atoms with Crippen LogP contribution in [0.5, 0.6) is 0 Å². The van der Waals surface area contributed by atoms with Crippen LogP contribution in [0.2, 0.25) is 0 Å². The average molecular weight is 364 g/mol. The lowest BCUT2D eigenvalue weighted by Gasteiger charge is -2.26. The number of aromatic amines is 1. The first-order chi connectivity index (χ1) is 13.0. The number of nitrogens with one attached hydrogen (secondary N) is 1. The molecule has 1 fully saturated rings. The maximum atomic E-state index is 13.2. The second-order valence-corrected chi connectivity index (χ2v) is 7.37. The second-order valence-electron chi connectivity index (χ2n) is 7.37. The Kier molecular flexibility index (Phi) is 4.26. The largest absolute Gasteiger partial charge is 0.378 e. The minimum Gasteiger partial charge on any atom is -0.378 e. The van der Waals surface area contributed by atoms with Gasteiger partial charge in [-0.3, -0.25) is 9.36 Å². The molecule has 27 heavy (non-hydrogen) atoms. The number of carbonyl (C=O) groups is 1. The fourth-order valence-corrected chi connectivity index (χ4v) is 3.89. The Morgan fingerprint density at radius 1 is 1.19 bits per heavy atom. The smallest absolute Gasteiger partial charge is 0.326 e. The van der Waals surface area contributed by atoms with E-state index in [1.54, 1.807) is 19.2 Å². The Hall–Kier alpha value is -3.02. The van der Waals surface area contributed by atoms with E-state index in [-0.39, 0.29) is 17.6 Å². The molecule has 0 saturated carbocycles. The predicted molar refractivity (Wildman–Crippen MR) is 107 cm³/mol.